The third-order valence-corrected chi connectivity index (χ3v) is 9.40. The topological polar surface area (TPSA) is 109 Å². The molecule has 0 atom stereocenters. The molecule has 216 valence electrons. The van der Waals surface area contributed by atoms with Crippen molar-refractivity contribution in [2.24, 2.45) is 0 Å². The number of hydrogen-bond donors (Lipinski definition) is 2. The summed E-state index contributed by atoms with van der Waals surface area (Å²) in [5, 5.41) is 4.49. The number of pyridine rings is 1. The molecule has 2 heterocycles. The highest BCUT2D eigenvalue weighted by Gasteiger charge is 2.23. The maximum absolute atomic E-state index is 13.0. The van der Waals surface area contributed by atoms with Crippen LogP contribution in [0, 0.1) is 6.92 Å². The highest BCUT2D eigenvalue weighted by molar-refractivity contribution is 7.92. The van der Waals surface area contributed by atoms with Crippen molar-refractivity contribution < 1.29 is 13.2 Å². The molecule has 2 aromatic heterocycles. The van der Waals surface area contributed by atoms with E-state index in [0.717, 1.165) is 46.9 Å². The van der Waals surface area contributed by atoms with E-state index in [4.69, 9.17) is 9.72 Å². The van der Waals surface area contributed by atoms with Crippen molar-refractivity contribution in [3.8, 4) is 17.0 Å². The van der Waals surface area contributed by atoms with Crippen LogP contribution < -0.4 is 14.8 Å². The Kier molecular flexibility index (Phi) is 8.42. The van der Waals surface area contributed by atoms with Gasteiger partial charge in [0.15, 0.2) is 0 Å². The van der Waals surface area contributed by atoms with E-state index >= 15 is 0 Å². The fourth-order valence-corrected chi connectivity index (χ4v) is 6.80. The molecule has 1 aliphatic carbocycles. The number of benzene rings is 2. The van der Waals surface area contributed by atoms with Gasteiger partial charge < -0.3 is 15.0 Å². The van der Waals surface area contributed by atoms with Crippen LogP contribution in [0.3, 0.4) is 0 Å². The van der Waals surface area contributed by atoms with E-state index in [2.05, 4.69) is 52.0 Å². The Hall–Kier alpha value is -3.76. The first-order valence-corrected chi connectivity index (χ1v) is 15.5. The lowest BCUT2D eigenvalue weighted by atomic mass is 9.90. The largest absolute Gasteiger partial charge is 0.480 e. The van der Waals surface area contributed by atoms with Gasteiger partial charge in [0.2, 0.25) is 11.8 Å². The normalized spacial score (nSPS) is 17.5. The number of nitrogens with one attached hydrogen (secondary N) is 2. The summed E-state index contributed by atoms with van der Waals surface area (Å²) < 4.78 is 34.2. The van der Waals surface area contributed by atoms with Crippen molar-refractivity contribution in [1.29, 1.82) is 0 Å². The van der Waals surface area contributed by atoms with Crippen LogP contribution in [0.1, 0.15) is 43.7 Å². The average Bonchev–Trinajstić information content (AvgIpc) is 2.96. The van der Waals surface area contributed by atoms with Gasteiger partial charge in [0, 0.05) is 29.2 Å². The number of fused-ring (bicyclic) bond motifs is 1. The SMILES string of the molecule is CCc1cc(-c2ccc(NS(=O)(=O)c3ccccc3C)nc2OC)cc2cnc(NC3CCC(N(C)C)CC3)nc12. The lowest BCUT2D eigenvalue weighted by molar-refractivity contribution is 0.221. The number of anilines is 2. The molecule has 1 saturated carbocycles. The van der Waals surface area contributed by atoms with E-state index in [1.807, 2.05) is 18.3 Å². The Labute approximate surface area is 242 Å². The Bertz CT molecular complexity index is 1650. The monoisotopic (exact) mass is 574 g/mol. The van der Waals surface area contributed by atoms with Gasteiger partial charge in [-0.05, 0) is 100 Å². The molecule has 9 nitrogen and oxygen atoms in total. The van der Waals surface area contributed by atoms with Gasteiger partial charge in [0.05, 0.1) is 17.5 Å². The molecule has 0 saturated heterocycles. The Morgan fingerprint density at radius 1 is 1.02 bits per heavy atom. The predicted octanol–water partition coefficient (Wildman–Crippen LogP) is 5.66. The molecule has 2 N–H and O–H groups in total. The molecule has 41 heavy (non-hydrogen) atoms. The number of hydrogen-bond acceptors (Lipinski definition) is 8. The van der Waals surface area contributed by atoms with E-state index in [0.29, 0.717) is 29.5 Å². The fraction of sp³-hybridized carbons (Fsp3) is 0.387. The first-order chi connectivity index (χ1) is 19.7. The minimum Gasteiger partial charge on any atom is -0.480 e. The number of aromatic nitrogens is 3. The van der Waals surface area contributed by atoms with Crippen molar-refractivity contribution in [3.63, 3.8) is 0 Å². The first kappa shape index (κ1) is 28.8. The quantitative estimate of drug-likeness (QED) is 0.264. The number of aryl methyl sites for hydroxylation is 2. The predicted molar refractivity (Wildman–Crippen MR) is 164 cm³/mol. The summed E-state index contributed by atoms with van der Waals surface area (Å²) in [7, 11) is 2.03. The average molecular weight is 575 g/mol. The highest BCUT2D eigenvalue weighted by atomic mass is 32.2. The first-order valence-electron chi connectivity index (χ1n) is 14.0. The molecule has 5 rings (SSSR count). The van der Waals surface area contributed by atoms with Crippen LogP contribution in [0.4, 0.5) is 11.8 Å². The van der Waals surface area contributed by atoms with Crippen LogP contribution >= 0.6 is 0 Å². The number of methoxy groups -OCH3 is 1. The smallest absolute Gasteiger partial charge is 0.263 e. The van der Waals surface area contributed by atoms with Gasteiger partial charge in [-0.3, -0.25) is 4.72 Å². The lowest BCUT2D eigenvalue weighted by Gasteiger charge is -2.32. The summed E-state index contributed by atoms with van der Waals surface area (Å²) in [6, 6.07) is 15.4. The van der Waals surface area contributed by atoms with Crippen molar-refractivity contribution in [1.82, 2.24) is 19.9 Å². The zero-order valence-electron chi connectivity index (χ0n) is 24.3. The van der Waals surface area contributed by atoms with Crippen LogP contribution in [0.5, 0.6) is 5.88 Å². The van der Waals surface area contributed by atoms with Gasteiger partial charge in [-0.1, -0.05) is 25.1 Å². The van der Waals surface area contributed by atoms with E-state index in [1.54, 1.807) is 37.3 Å². The summed E-state index contributed by atoms with van der Waals surface area (Å²) in [4.78, 5) is 16.6. The van der Waals surface area contributed by atoms with Crippen molar-refractivity contribution in [3.05, 3.63) is 65.9 Å². The third-order valence-electron chi connectivity index (χ3n) is 7.89. The number of rotatable bonds is 9. The van der Waals surface area contributed by atoms with Gasteiger partial charge in [-0.25, -0.2) is 18.4 Å². The van der Waals surface area contributed by atoms with E-state index in [9.17, 15) is 8.42 Å². The second kappa shape index (κ2) is 12.0. The summed E-state index contributed by atoms with van der Waals surface area (Å²) in [5.74, 6) is 1.17. The maximum atomic E-state index is 13.0. The van der Waals surface area contributed by atoms with Crippen molar-refractivity contribution >= 4 is 32.7 Å². The van der Waals surface area contributed by atoms with Crippen LogP contribution in [-0.4, -0.2) is 61.6 Å². The molecular formula is C31H38N6O3S. The van der Waals surface area contributed by atoms with Gasteiger partial charge >= 0.3 is 0 Å². The van der Waals surface area contributed by atoms with Crippen LogP contribution in [0.15, 0.2) is 59.6 Å². The summed E-state index contributed by atoms with van der Waals surface area (Å²) in [6.45, 7) is 3.87. The summed E-state index contributed by atoms with van der Waals surface area (Å²) >= 11 is 0. The third kappa shape index (κ3) is 6.28. The minimum atomic E-state index is -3.80. The Balaban J connectivity index is 1.40. The Morgan fingerprint density at radius 2 is 1.78 bits per heavy atom. The highest BCUT2D eigenvalue weighted by Crippen LogP contribution is 2.34. The van der Waals surface area contributed by atoms with Gasteiger partial charge in [0.1, 0.15) is 5.82 Å². The zero-order chi connectivity index (χ0) is 29.1. The fourth-order valence-electron chi connectivity index (χ4n) is 5.56. The second-order valence-corrected chi connectivity index (χ2v) is 12.5. The van der Waals surface area contributed by atoms with E-state index < -0.39 is 10.0 Å². The van der Waals surface area contributed by atoms with Crippen molar-refractivity contribution in [2.75, 3.05) is 31.2 Å². The summed E-state index contributed by atoms with van der Waals surface area (Å²) in [6.07, 6.45) is 7.21. The number of sulfonamides is 1. The van der Waals surface area contributed by atoms with Crippen LogP contribution in [-0.2, 0) is 16.4 Å². The zero-order valence-corrected chi connectivity index (χ0v) is 25.1. The molecule has 0 spiro atoms. The van der Waals surface area contributed by atoms with Gasteiger partial charge in [-0.2, -0.15) is 4.98 Å². The van der Waals surface area contributed by atoms with Crippen molar-refractivity contribution in [2.45, 2.75) is 62.9 Å². The molecule has 0 bridgehead atoms. The standard InChI is InChI=1S/C31H38N6O3S/c1-6-21-17-22(18-23-19-32-31(35-29(21)23)33-24-11-13-25(14-12-24)37(3)4)26-15-16-28(34-30(26)40-5)36-41(38,39)27-10-8-7-9-20(27)2/h7-10,15-19,24-25H,6,11-14H2,1-5H3,(H,34,36)(H,32,33,35). The molecular weight excluding hydrogens is 536 g/mol. The lowest BCUT2D eigenvalue weighted by Crippen LogP contribution is -2.36. The molecule has 2 aromatic carbocycles. The van der Waals surface area contributed by atoms with Gasteiger partial charge in [0.25, 0.3) is 10.0 Å². The van der Waals surface area contributed by atoms with E-state index in [-0.39, 0.29) is 10.7 Å². The van der Waals surface area contributed by atoms with Crippen LogP contribution in [0.25, 0.3) is 22.0 Å². The molecule has 4 aromatic rings. The van der Waals surface area contributed by atoms with Crippen LogP contribution in [0.2, 0.25) is 0 Å². The number of ether oxygens (including phenoxy) is 1. The molecule has 1 fully saturated rings. The molecule has 1 aliphatic rings. The van der Waals surface area contributed by atoms with Gasteiger partial charge in [-0.15, -0.1) is 0 Å². The molecule has 10 heteroatoms. The summed E-state index contributed by atoms with van der Waals surface area (Å²) in [5.41, 5.74) is 4.32. The number of nitrogens with zero attached hydrogens (tertiary/aromatic N) is 4. The molecule has 0 unspecified atom stereocenters. The maximum Gasteiger partial charge on any atom is 0.263 e. The van der Waals surface area contributed by atoms with E-state index in [1.165, 1.54) is 20.0 Å². The molecule has 0 aliphatic heterocycles. The molecule has 0 radical (unpaired) electrons. The molecule has 0 amide bonds. The Morgan fingerprint density at radius 3 is 2.46 bits per heavy atom. The minimum absolute atomic E-state index is 0.184. The second-order valence-electron chi connectivity index (χ2n) is 10.9.